The maximum Gasteiger partial charge on any atom is 0.306 e. The second kappa shape index (κ2) is 63.6. The molecule has 0 bridgehead atoms. The van der Waals surface area contributed by atoms with Gasteiger partial charge < -0.3 is 14.2 Å². The van der Waals surface area contributed by atoms with Gasteiger partial charge in [-0.25, -0.2) is 0 Å². The average Bonchev–Trinajstić information content (AvgIpc) is 3.42. The van der Waals surface area contributed by atoms with Gasteiger partial charge in [0.1, 0.15) is 13.2 Å². The van der Waals surface area contributed by atoms with Crippen molar-refractivity contribution in [3.63, 3.8) is 0 Å². The summed E-state index contributed by atoms with van der Waals surface area (Å²) in [4.78, 5) is 38.2. The Balaban J connectivity index is 4.29. The smallest absolute Gasteiger partial charge is 0.306 e. The van der Waals surface area contributed by atoms with Gasteiger partial charge in [-0.2, -0.15) is 0 Å². The lowest BCUT2D eigenvalue weighted by Gasteiger charge is -2.18. The molecule has 6 heteroatoms. The van der Waals surface area contributed by atoms with E-state index in [1.165, 1.54) is 148 Å². The summed E-state index contributed by atoms with van der Waals surface area (Å²) in [6.07, 6.45) is 86.9. The normalized spacial score (nSPS) is 12.8. The third-order valence-electron chi connectivity index (χ3n) is 13.5. The molecule has 1 atom stereocenters. The molecular formula is C70H118O6. The first-order chi connectivity index (χ1) is 37.5. The van der Waals surface area contributed by atoms with E-state index in [4.69, 9.17) is 14.2 Å². The van der Waals surface area contributed by atoms with Crippen LogP contribution < -0.4 is 0 Å². The van der Waals surface area contributed by atoms with Crippen LogP contribution in [0.15, 0.2) is 109 Å². The van der Waals surface area contributed by atoms with E-state index < -0.39 is 6.10 Å². The summed E-state index contributed by atoms with van der Waals surface area (Å²) in [5.41, 5.74) is 0. The van der Waals surface area contributed by atoms with Crippen LogP contribution in [0.2, 0.25) is 0 Å². The zero-order chi connectivity index (χ0) is 55.0. The molecule has 0 saturated carbocycles. The van der Waals surface area contributed by atoms with Gasteiger partial charge in [0, 0.05) is 19.3 Å². The highest BCUT2D eigenvalue weighted by Gasteiger charge is 2.19. The zero-order valence-electron chi connectivity index (χ0n) is 49.7. The quantitative estimate of drug-likeness (QED) is 0.0261. The fraction of sp³-hybridized carbons (Fsp3) is 0.700. The molecule has 434 valence electrons. The average molecular weight is 1060 g/mol. The number of carbonyl (C=O) groups is 3. The molecule has 0 heterocycles. The molecule has 0 aromatic heterocycles. The summed E-state index contributed by atoms with van der Waals surface area (Å²) in [6, 6.07) is 0. The van der Waals surface area contributed by atoms with Crippen molar-refractivity contribution in [3.8, 4) is 0 Å². The number of ether oxygens (including phenoxy) is 3. The van der Waals surface area contributed by atoms with E-state index in [1.54, 1.807) is 0 Å². The number of rotatable bonds is 57. The SMILES string of the molecule is CC/C=C\C/C=C\C/C=C\C/C=C\CCC(=O)OCC(COC(=O)CCCCCCCCCCCCCCCC/C=C\C/C=C\C/C=C\CCCCCCC)OC(=O)CCCCCCC/C=C\C/C=C\CCCCCC. The molecule has 0 spiro atoms. The van der Waals surface area contributed by atoms with Crippen molar-refractivity contribution in [2.24, 2.45) is 0 Å². The highest BCUT2D eigenvalue weighted by Crippen LogP contribution is 2.16. The number of hydrogen-bond acceptors (Lipinski definition) is 6. The van der Waals surface area contributed by atoms with E-state index in [-0.39, 0.29) is 37.5 Å². The zero-order valence-corrected chi connectivity index (χ0v) is 49.7. The van der Waals surface area contributed by atoms with Crippen molar-refractivity contribution in [2.75, 3.05) is 13.2 Å². The van der Waals surface area contributed by atoms with Gasteiger partial charge in [0.25, 0.3) is 0 Å². The van der Waals surface area contributed by atoms with Gasteiger partial charge in [-0.05, 0) is 116 Å². The summed E-state index contributed by atoms with van der Waals surface area (Å²) in [6.45, 7) is 6.43. The van der Waals surface area contributed by atoms with E-state index in [1.807, 2.05) is 6.08 Å². The Morgan fingerprint density at radius 3 is 0.895 bits per heavy atom. The first kappa shape index (κ1) is 72.1. The van der Waals surface area contributed by atoms with Crippen molar-refractivity contribution < 1.29 is 28.6 Å². The molecule has 0 fully saturated rings. The number of allylic oxidation sites excluding steroid dienone is 18. The van der Waals surface area contributed by atoms with Crippen LogP contribution in [0.5, 0.6) is 0 Å². The van der Waals surface area contributed by atoms with Crippen molar-refractivity contribution >= 4 is 17.9 Å². The molecule has 0 aliphatic rings. The fourth-order valence-electron chi connectivity index (χ4n) is 8.73. The molecule has 0 amide bonds. The molecule has 0 rings (SSSR count). The standard InChI is InChI=1S/C70H118O6/c1-4-7-10-13-16-19-22-25-27-29-30-31-32-33-34-35-36-37-38-39-40-41-43-45-48-51-54-57-60-63-69(72)75-66-67(65-74-68(71)62-59-56-53-50-47-44-24-21-18-15-12-9-6-3)76-70(73)64-61-58-55-52-49-46-42-28-26-23-20-17-14-11-8-5-2/h9,12,18,20-23,25,28-30,32-33,42,44,47,53,56,67H,4-8,10-11,13-17,19,24,26-27,31,34-41,43,45-46,48-52,54-55,57-66H2,1-3H3/b12-9-,21-18-,23-20-,25-22-,30-29-,33-32-,42-28-,47-44-,56-53-. The molecule has 0 radical (unpaired) electrons. The van der Waals surface area contributed by atoms with Crippen molar-refractivity contribution in [1.29, 1.82) is 0 Å². The summed E-state index contributed by atoms with van der Waals surface area (Å²) >= 11 is 0. The van der Waals surface area contributed by atoms with Crippen molar-refractivity contribution in [1.82, 2.24) is 0 Å². The Hall–Kier alpha value is -3.93. The van der Waals surface area contributed by atoms with Crippen LogP contribution in [0.1, 0.15) is 297 Å². The van der Waals surface area contributed by atoms with Crippen LogP contribution in [0, 0.1) is 0 Å². The molecule has 0 aliphatic carbocycles. The minimum atomic E-state index is -0.816. The minimum absolute atomic E-state index is 0.106. The van der Waals surface area contributed by atoms with Crippen LogP contribution in [0.25, 0.3) is 0 Å². The molecule has 0 aromatic rings. The lowest BCUT2D eigenvalue weighted by molar-refractivity contribution is -0.166. The maximum atomic E-state index is 12.9. The molecule has 0 aromatic carbocycles. The summed E-state index contributed by atoms with van der Waals surface area (Å²) in [5.74, 6) is -1.00. The highest BCUT2D eigenvalue weighted by molar-refractivity contribution is 5.71. The lowest BCUT2D eigenvalue weighted by Crippen LogP contribution is -2.30. The first-order valence-electron chi connectivity index (χ1n) is 31.9. The van der Waals surface area contributed by atoms with Crippen LogP contribution in [0.3, 0.4) is 0 Å². The topological polar surface area (TPSA) is 78.9 Å². The van der Waals surface area contributed by atoms with Gasteiger partial charge >= 0.3 is 17.9 Å². The number of unbranched alkanes of at least 4 members (excludes halogenated alkanes) is 28. The second-order valence-electron chi connectivity index (χ2n) is 20.9. The minimum Gasteiger partial charge on any atom is -0.462 e. The molecule has 1 unspecified atom stereocenters. The summed E-state index contributed by atoms with van der Waals surface area (Å²) in [5, 5.41) is 0. The molecule has 0 aliphatic heterocycles. The molecule has 0 N–H and O–H groups in total. The molecule has 0 saturated heterocycles. The molecule has 76 heavy (non-hydrogen) atoms. The highest BCUT2D eigenvalue weighted by atomic mass is 16.6. The Morgan fingerprint density at radius 2 is 0.539 bits per heavy atom. The van der Waals surface area contributed by atoms with Gasteiger partial charge in [0.05, 0.1) is 0 Å². The van der Waals surface area contributed by atoms with E-state index in [0.29, 0.717) is 19.3 Å². The van der Waals surface area contributed by atoms with Gasteiger partial charge in [-0.15, -0.1) is 0 Å². The van der Waals surface area contributed by atoms with Crippen LogP contribution >= 0.6 is 0 Å². The summed E-state index contributed by atoms with van der Waals surface area (Å²) < 4.78 is 16.8. The Morgan fingerprint density at radius 1 is 0.276 bits per heavy atom. The predicted molar refractivity (Wildman–Crippen MR) is 330 cm³/mol. The van der Waals surface area contributed by atoms with Gasteiger partial charge in [0.2, 0.25) is 0 Å². The van der Waals surface area contributed by atoms with E-state index >= 15 is 0 Å². The Kier molecular flexibility index (Phi) is 60.3. The Bertz CT molecular complexity index is 1540. The van der Waals surface area contributed by atoms with Crippen LogP contribution in [-0.2, 0) is 28.6 Å². The summed E-state index contributed by atoms with van der Waals surface area (Å²) in [7, 11) is 0. The maximum absolute atomic E-state index is 12.9. The number of carbonyl (C=O) groups excluding carboxylic acids is 3. The van der Waals surface area contributed by atoms with Crippen LogP contribution in [0.4, 0.5) is 0 Å². The van der Waals surface area contributed by atoms with E-state index in [9.17, 15) is 14.4 Å². The second-order valence-corrected chi connectivity index (χ2v) is 20.9. The molecule has 6 nitrogen and oxygen atoms in total. The third-order valence-corrected chi connectivity index (χ3v) is 13.5. The lowest BCUT2D eigenvalue weighted by atomic mass is 10.0. The monoisotopic (exact) mass is 1050 g/mol. The number of hydrogen-bond donors (Lipinski definition) is 0. The predicted octanol–water partition coefficient (Wildman–Crippen LogP) is 21.8. The van der Waals surface area contributed by atoms with Crippen molar-refractivity contribution in [3.05, 3.63) is 109 Å². The number of esters is 3. The van der Waals surface area contributed by atoms with Gasteiger partial charge in [-0.1, -0.05) is 271 Å². The third kappa shape index (κ3) is 60.9. The van der Waals surface area contributed by atoms with Crippen molar-refractivity contribution in [2.45, 2.75) is 303 Å². The Labute approximate surface area is 470 Å². The van der Waals surface area contributed by atoms with Gasteiger partial charge in [0.15, 0.2) is 6.10 Å². The fourth-order valence-corrected chi connectivity index (χ4v) is 8.73. The molecular weight excluding hydrogens is 937 g/mol. The van der Waals surface area contributed by atoms with Crippen LogP contribution in [-0.4, -0.2) is 37.2 Å². The van der Waals surface area contributed by atoms with E-state index in [0.717, 1.165) is 103 Å². The van der Waals surface area contributed by atoms with E-state index in [2.05, 4.69) is 124 Å². The first-order valence-corrected chi connectivity index (χ1v) is 31.9. The largest absolute Gasteiger partial charge is 0.462 e. The van der Waals surface area contributed by atoms with Gasteiger partial charge in [-0.3, -0.25) is 14.4 Å².